The zero-order valence-corrected chi connectivity index (χ0v) is 12.5. The van der Waals surface area contributed by atoms with Gasteiger partial charge in [-0.2, -0.15) is 0 Å². The van der Waals surface area contributed by atoms with Gasteiger partial charge >= 0.3 is 0 Å². The van der Waals surface area contributed by atoms with Crippen molar-refractivity contribution in [3.63, 3.8) is 0 Å². The average Bonchev–Trinajstić information content (AvgIpc) is 3.18. The molecule has 2 fully saturated rings. The normalized spacial score (nSPS) is 25.1. The molecule has 4 heteroatoms. The van der Waals surface area contributed by atoms with Crippen LogP contribution < -0.4 is 4.74 Å². The van der Waals surface area contributed by atoms with Crippen molar-refractivity contribution in [2.45, 2.75) is 38.2 Å². The highest BCUT2D eigenvalue weighted by atomic mass is 16.5. The average molecular weight is 289 g/mol. The molecule has 1 aromatic rings. The fourth-order valence-electron chi connectivity index (χ4n) is 2.82. The van der Waals surface area contributed by atoms with Gasteiger partial charge in [-0.15, -0.1) is 0 Å². The number of amides is 1. The number of aryl methyl sites for hydroxylation is 1. The number of hydrogen-bond donors (Lipinski definition) is 1. The monoisotopic (exact) mass is 289 g/mol. The summed E-state index contributed by atoms with van der Waals surface area (Å²) in [4.78, 5) is 13.9. The number of benzene rings is 1. The summed E-state index contributed by atoms with van der Waals surface area (Å²) in [5, 5.41) is 10.6. The number of para-hydroxylation sites is 1. The number of carbonyl (C=O) groups excluding carboxylic acids is 1. The Morgan fingerprint density at radius 2 is 2.19 bits per heavy atom. The van der Waals surface area contributed by atoms with Gasteiger partial charge in [-0.3, -0.25) is 4.79 Å². The van der Waals surface area contributed by atoms with Crippen molar-refractivity contribution in [1.29, 1.82) is 0 Å². The van der Waals surface area contributed by atoms with Crippen LogP contribution in [0.1, 0.15) is 31.2 Å². The summed E-state index contributed by atoms with van der Waals surface area (Å²) in [5.41, 5.74) is 0.141. The van der Waals surface area contributed by atoms with Crippen molar-refractivity contribution < 1.29 is 14.6 Å². The van der Waals surface area contributed by atoms with Crippen LogP contribution in [0.3, 0.4) is 0 Å². The SMILES string of the molecule is Cc1ccccc1OC[C@@]1(O)CCN(C(=O)CC2CC2)C1. The van der Waals surface area contributed by atoms with Crippen LogP contribution in [0.4, 0.5) is 0 Å². The standard InChI is InChI=1S/C17H23NO3/c1-13-4-2-3-5-15(13)21-12-17(20)8-9-18(11-17)16(19)10-14-6-7-14/h2-5,14,20H,6-12H2,1H3/t17-/m1/s1. The minimum absolute atomic E-state index is 0.185. The maximum atomic E-state index is 12.1. The molecule has 0 aromatic heterocycles. The molecule has 0 bridgehead atoms. The zero-order valence-electron chi connectivity index (χ0n) is 12.5. The summed E-state index contributed by atoms with van der Waals surface area (Å²) in [6.45, 7) is 3.26. The Balaban J connectivity index is 1.53. The van der Waals surface area contributed by atoms with Gasteiger partial charge in [0.15, 0.2) is 0 Å². The molecule has 1 N–H and O–H groups in total. The van der Waals surface area contributed by atoms with E-state index < -0.39 is 5.60 Å². The second kappa shape index (κ2) is 5.68. The Kier molecular flexibility index (Phi) is 3.89. The van der Waals surface area contributed by atoms with E-state index in [1.807, 2.05) is 31.2 Å². The Morgan fingerprint density at radius 1 is 1.43 bits per heavy atom. The number of carbonyl (C=O) groups is 1. The third-order valence-corrected chi connectivity index (χ3v) is 4.44. The summed E-state index contributed by atoms with van der Waals surface area (Å²) in [5.74, 6) is 1.58. The van der Waals surface area contributed by atoms with Crippen LogP contribution in [-0.2, 0) is 4.79 Å². The van der Waals surface area contributed by atoms with Gasteiger partial charge in [-0.1, -0.05) is 18.2 Å². The molecule has 1 atom stereocenters. The summed E-state index contributed by atoms with van der Waals surface area (Å²) in [7, 11) is 0. The fourth-order valence-corrected chi connectivity index (χ4v) is 2.82. The molecule has 0 spiro atoms. The van der Waals surface area contributed by atoms with Crippen LogP contribution in [0.25, 0.3) is 0 Å². The Hall–Kier alpha value is -1.55. The molecule has 1 saturated carbocycles. The lowest BCUT2D eigenvalue weighted by Gasteiger charge is -2.24. The molecule has 21 heavy (non-hydrogen) atoms. The molecule has 0 radical (unpaired) electrons. The molecular formula is C17H23NO3. The molecule has 114 valence electrons. The third kappa shape index (κ3) is 3.56. The summed E-state index contributed by atoms with van der Waals surface area (Å²) < 4.78 is 5.76. The van der Waals surface area contributed by atoms with Gasteiger partial charge < -0.3 is 14.7 Å². The lowest BCUT2D eigenvalue weighted by Crippen LogP contribution is -2.40. The van der Waals surface area contributed by atoms with Crippen molar-refractivity contribution in [3.8, 4) is 5.75 Å². The molecule has 1 saturated heterocycles. The van der Waals surface area contributed by atoms with Gasteiger partial charge in [0.1, 0.15) is 18.0 Å². The summed E-state index contributed by atoms with van der Waals surface area (Å²) in [6.07, 6.45) is 3.60. The Morgan fingerprint density at radius 3 is 2.90 bits per heavy atom. The van der Waals surface area contributed by atoms with Gasteiger partial charge in [0, 0.05) is 13.0 Å². The molecule has 1 heterocycles. The van der Waals surface area contributed by atoms with Gasteiger partial charge in [0.05, 0.1) is 6.54 Å². The van der Waals surface area contributed by atoms with E-state index in [4.69, 9.17) is 4.74 Å². The van der Waals surface area contributed by atoms with Gasteiger partial charge in [0.2, 0.25) is 5.91 Å². The van der Waals surface area contributed by atoms with Crippen LogP contribution in [0.15, 0.2) is 24.3 Å². The molecule has 0 unspecified atom stereocenters. The highest BCUT2D eigenvalue weighted by Gasteiger charge is 2.40. The molecule has 1 amide bonds. The summed E-state index contributed by atoms with van der Waals surface area (Å²) >= 11 is 0. The minimum Gasteiger partial charge on any atom is -0.490 e. The first-order chi connectivity index (χ1) is 10.1. The number of hydrogen-bond acceptors (Lipinski definition) is 3. The van der Waals surface area contributed by atoms with Gasteiger partial charge in [0.25, 0.3) is 0 Å². The van der Waals surface area contributed by atoms with E-state index in [9.17, 15) is 9.90 Å². The highest BCUT2D eigenvalue weighted by molar-refractivity contribution is 5.77. The Bertz CT molecular complexity index is 527. The quantitative estimate of drug-likeness (QED) is 0.903. The van der Waals surface area contributed by atoms with E-state index >= 15 is 0 Å². The molecule has 1 aliphatic carbocycles. The van der Waals surface area contributed by atoms with Crippen molar-refractivity contribution >= 4 is 5.91 Å². The third-order valence-electron chi connectivity index (χ3n) is 4.44. The largest absolute Gasteiger partial charge is 0.490 e. The molecule has 3 rings (SSSR count). The van der Waals surface area contributed by atoms with Crippen molar-refractivity contribution in [1.82, 2.24) is 4.90 Å². The topological polar surface area (TPSA) is 49.8 Å². The first-order valence-corrected chi connectivity index (χ1v) is 7.74. The fraction of sp³-hybridized carbons (Fsp3) is 0.588. The van der Waals surface area contributed by atoms with Crippen LogP contribution in [-0.4, -0.2) is 41.2 Å². The zero-order chi connectivity index (χ0) is 14.9. The number of rotatable bonds is 5. The first-order valence-electron chi connectivity index (χ1n) is 7.74. The van der Waals surface area contributed by atoms with E-state index in [1.54, 1.807) is 4.90 Å². The number of nitrogens with zero attached hydrogens (tertiary/aromatic N) is 1. The smallest absolute Gasteiger partial charge is 0.222 e. The van der Waals surface area contributed by atoms with E-state index in [0.717, 1.165) is 11.3 Å². The predicted molar refractivity (Wildman–Crippen MR) is 80.2 cm³/mol. The number of β-amino-alcohol motifs (C(OH)–C–C–N with tert-alkyl or cyclic N) is 1. The maximum absolute atomic E-state index is 12.1. The predicted octanol–water partition coefficient (Wildman–Crippen LogP) is 2.14. The molecule has 1 aliphatic heterocycles. The van der Waals surface area contributed by atoms with Crippen LogP contribution in [0, 0.1) is 12.8 Å². The lowest BCUT2D eigenvalue weighted by molar-refractivity contribution is -0.131. The number of ether oxygens (including phenoxy) is 1. The van der Waals surface area contributed by atoms with Gasteiger partial charge in [-0.25, -0.2) is 0 Å². The van der Waals surface area contributed by atoms with Crippen LogP contribution in [0.5, 0.6) is 5.75 Å². The highest BCUT2D eigenvalue weighted by Crippen LogP contribution is 2.34. The lowest BCUT2D eigenvalue weighted by atomic mass is 10.1. The van der Waals surface area contributed by atoms with Crippen molar-refractivity contribution in [2.75, 3.05) is 19.7 Å². The van der Waals surface area contributed by atoms with Crippen molar-refractivity contribution in [3.05, 3.63) is 29.8 Å². The summed E-state index contributed by atoms with van der Waals surface area (Å²) in [6, 6.07) is 7.78. The number of likely N-dealkylation sites (tertiary alicyclic amines) is 1. The van der Waals surface area contributed by atoms with Crippen LogP contribution >= 0.6 is 0 Å². The Labute approximate surface area is 125 Å². The molecule has 2 aliphatic rings. The first kappa shape index (κ1) is 14.4. The number of aliphatic hydroxyl groups is 1. The van der Waals surface area contributed by atoms with E-state index in [0.29, 0.717) is 31.8 Å². The molecule has 4 nitrogen and oxygen atoms in total. The van der Waals surface area contributed by atoms with Gasteiger partial charge in [-0.05, 0) is 43.7 Å². The van der Waals surface area contributed by atoms with E-state index in [2.05, 4.69) is 0 Å². The second-order valence-corrected chi connectivity index (χ2v) is 6.49. The van der Waals surface area contributed by atoms with E-state index in [-0.39, 0.29) is 12.5 Å². The maximum Gasteiger partial charge on any atom is 0.222 e. The minimum atomic E-state index is -0.915. The van der Waals surface area contributed by atoms with E-state index in [1.165, 1.54) is 12.8 Å². The molecular weight excluding hydrogens is 266 g/mol. The van der Waals surface area contributed by atoms with Crippen LogP contribution in [0.2, 0.25) is 0 Å². The molecule has 1 aromatic carbocycles. The second-order valence-electron chi connectivity index (χ2n) is 6.49. The van der Waals surface area contributed by atoms with Crippen molar-refractivity contribution in [2.24, 2.45) is 5.92 Å².